The van der Waals surface area contributed by atoms with Crippen molar-refractivity contribution in [2.75, 3.05) is 13.1 Å². The molecule has 2 aliphatic carbocycles. The fourth-order valence-electron chi connectivity index (χ4n) is 6.67. The second-order valence-corrected chi connectivity index (χ2v) is 11.5. The lowest BCUT2D eigenvalue weighted by atomic mass is 9.79. The number of nitro groups is 1. The summed E-state index contributed by atoms with van der Waals surface area (Å²) in [4.78, 5) is 54.1. The molecule has 0 radical (unpaired) electrons. The third-order valence-electron chi connectivity index (χ3n) is 8.88. The summed E-state index contributed by atoms with van der Waals surface area (Å²) in [5.74, 6) is -0.0794. The van der Waals surface area contributed by atoms with E-state index in [1.165, 1.54) is 22.6 Å². The second-order valence-electron chi connectivity index (χ2n) is 11.5. The number of amides is 4. The lowest BCUT2D eigenvalue weighted by Gasteiger charge is -2.47. The van der Waals surface area contributed by atoms with Gasteiger partial charge in [0.2, 0.25) is 11.8 Å². The predicted molar refractivity (Wildman–Crippen MR) is 150 cm³/mol. The summed E-state index contributed by atoms with van der Waals surface area (Å²) >= 11 is 0. The number of imide groups is 1. The number of carbonyl (C=O) groups excluding carboxylic acids is 3. The normalized spacial score (nSPS) is 24.9. The Labute approximate surface area is 235 Å². The number of hydrogen-bond donors (Lipinski definition) is 1. The minimum absolute atomic E-state index is 0.00375. The van der Waals surface area contributed by atoms with Crippen molar-refractivity contribution in [2.24, 2.45) is 17.8 Å². The molecular formula is C31H38N4O5. The maximum atomic E-state index is 13.7. The first-order valence-electron chi connectivity index (χ1n) is 14.6. The summed E-state index contributed by atoms with van der Waals surface area (Å²) in [5.41, 5.74) is 1.89. The Morgan fingerprint density at radius 2 is 1.65 bits per heavy atom. The van der Waals surface area contributed by atoms with Crippen LogP contribution in [0.3, 0.4) is 0 Å². The maximum Gasteiger partial charge on any atom is 0.327 e. The lowest BCUT2D eigenvalue weighted by molar-refractivity contribution is -0.384. The fourth-order valence-corrected chi connectivity index (χ4v) is 6.67. The summed E-state index contributed by atoms with van der Waals surface area (Å²) in [7, 11) is 0. The molecular weight excluding hydrogens is 508 g/mol. The molecule has 4 amide bonds. The second kappa shape index (κ2) is 12.6. The first kappa shape index (κ1) is 27.8. The summed E-state index contributed by atoms with van der Waals surface area (Å²) < 4.78 is 0. The lowest BCUT2D eigenvalue weighted by Crippen LogP contribution is -2.62. The van der Waals surface area contributed by atoms with Crippen LogP contribution in [0.1, 0.15) is 62.5 Å². The molecule has 9 heteroatoms. The van der Waals surface area contributed by atoms with Gasteiger partial charge in [0.05, 0.1) is 10.8 Å². The number of carbonyl (C=O) groups is 3. The van der Waals surface area contributed by atoms with E-state index in [4.69, 9.17) is 0 Å². The number of benzene rings is 2. The molecule has 212 valence electrons. The molecule has 2 unspecified atom stereocenters. The van der Waals surface area contributed by atoms with Crippen molar-refractivity contribution in [2.45, 2.75) is 70.4 Å². The number of nitrogens with one attached hydrogen (secondary N) is 1. The third kappa shape index (κ3) is 6.35. The minimum Gasteiger partial charge on any atom is -0.356 e. The molecule has 3 aliphatic rings. The van der Waals surface area contributed by atoms with E-state index in [9.17, 15) is 24.5 Å². The van der Waals surface area contributed by atoms with E-state index in [1.54, 1.807) is 17.0 Å². The number of urea groups is 1. The van der Waals surface area contributed by atoms with E-state index < -0.39 is 4.92 Å². The topological polar surface area (TPSA) is 113 Å². The number of fused-ring (bicyclic) bond motifs is 1. The molecule has 2 aromatic rings. The molecule has 40 heavy (non-hydrogen) atoms. The highest BCUT2D eigenvalue weighted by Crippen LogP contribution is 2.37. The molecule has 1 heterocycles. The molecule has 2 atom stereocenters. The summed E-state index contributed by atoms with van der Waals surface area (Å²) in [5, 5.41) is 14.4. The van der Waals surface area contributed by atoms with Crippen molar-refractivity contribution in [1.82, 2.24) is 15.1 Å². The van der Waals surface area contributed by atoms with E-state index in [2.05, 4.69) is 17.4 Å². The van der Waals surface area contributed by atoms with E-state index in [0.717, 1.165) is 57.8 Å². The predicted octanol–water partition coefficient (Wildman–Crippen LogP) is 5.08. The van der Waals surface area contributed by atoms with Crippen molar-refractivity contribution >= 4 is 23.5 Å². The number of rotatable bonds is 9. The highest BCUT2D eigenvalue weighted by Gasteiger charge is 2.47. The zero-order chi connectivity index (χ0) is 28.1. The Morgan fingerprint density at radius 3 is 2.40 bits per heavy atom. The van der Waals surface area contributed by atoms with E-state index in [0.29, 0.717) is 18.7 Å². The maximum absolute atomic E-state index is 13.7. The van der Waals surface area contributed by atoms with Crippen molar-refractivity contribution in [3.63, 3.8) is 0 Å². The van der Waals surface area contributed by atoms with E-state index >= 15 is 0 Å². The summed E-state index contributed by atoms with van der Waals surface area (Å²) in [6.07, 6.45) is 7.36. The Balaban J connectivity index is 1.18. The minimum atomic E-state index is -0.430. The van der Waals surface area contributed by atoms with Gasteiger partial charge in [-0.15, -0.1) is 0 Å². The van der Waals surface area contributed by atoms with Gasteiger partial charge in [0.15, 0.2) is 0 Å². The SMILES string of the molecule is O=C(NCCc1ccccc1)C1CCC(CN2C(=O)C3CCCCC3N(Cc3cccc([N+](=O)[O-])c3)C2=O)CC1. The molecule has 2 saturated carbocycles. The monoisotopic (exact) mass is 546 g/mol. The van der Waals surface area contributed by atoms with E-state index in [-0.39, 0.29) is 53.9 Å². The van der Waals surface area contributed by atoms with Gasteiger partial charge in [0.1, 0.15) is 0 Å². The van der Waals surface area contributed by atoms with Crippen molar-refractivity contribution in [3.05, 3.63) is 75.8 Å². The van der Waals surface area contributed by atoms with Crippen LogP contribution < -0.4 is 5.32 Å². The molecule has 0 aromatic heterocycles. The first-order chi connectivity index (χ1) is 19.4. The number of nitrogens with zero attached hydrogens (tertiary/aromatic N) is 3. The highest BCUT2D eigenvalue weighted by atomic mass is 16.6. The Bertz CT molecular complexity index is 1230. The van der Waals surface area contributed by atoms with Crippen molar-refractivity contribution in [3.8, 4) is 0 Å². The molecule has 0 bridgehead atoms. The van der Waals surface area contributed by atoms with Crippen LogP contribution in [0.15, 0.2) is 54.6 Å². The van der Waals surface area contributed by atoms with Gasteiger partial charge >= 0.3 is 6.03 Å². The summed E-state index contributed by atoms with van der Waals surface area (Å²) in [6.45, 7) is 1.23. The van der Waals surface area contributed by atoms with Gasteiger partial charge in [-0.3, -0.25) is 24.6 Å². The Hall–Kier alpha value is -3.75. The zero-order valence-electron chi connectivity index (χ0n) is 22.9. The molecule has 2 aromatic carbocycles. The molecule has 1 N–H and O–H groups in total. The Kier molecular flexibility index (Phi) is 8.77. The molecule has 3 fully saturated rings. The van der Waals surface area contributed by atoms with Gasteiger partial charge in [-0.1, -0.05) is 55.3 Å². The number of non-ortho nitro benzene ring substituents is 1. The smallest absolute Gasteiger partial charge is 0.327 e. The van der Waals surface area contributed by atoms with Crippen molar-refractivity contribution < 1.29 is 19.3 Å². The van der Waals surface area contributed by atoms with Crippen LogP contribution in [0.5, 0.6) is 0 Å². The van der Waals surface area contributed by atoms with Crippen LogP contribution in [0.4, 0.5) is 10.5 Å². The van der Waals surface area contributed by atoms with E-state index in [1.807, 2.05) is 18.2 Å². The average Bonchev–Trinajstić information content (AvgIpc) is 2.98. The fraction of sp³-hybridized carbons (Fsp3) is 0.516. The molecule has 1 aliphatic heterocycles. The van der Waals surface area contributed by atoms with Gasteiger partial charge < -0.3 is 10.2 Å². The largest absolute Gasteiger partial charge is 0.356 e. The number of nitro benzene ring substituents is 1. The summed E-state index contributed by atoms with van der Waals surface area (Å²) in [6, 6.07) is 16.0. The van der Waals surface area contributed by atoms with Crippen LogP contribution >= 0.6 is 0 Å². The van der Waals surface area contributed by atoms with Crippen LogP contribution in [0, 0.1) is 27.9 Å². The molecule has 5 rings (SSSR count). The van der Waals surface area contributed by atoms with Gasteiger partial charge in [-0.2, -0.15) is 0 Å². The van der Waals surface area contributed by atoms with Crippen molar-refractivity contribution in [1.29, 1.82) is 0 Å². The number of hydrogen-bond acceptors (Lipinski definition) is 5. The van der Waals surface area contributed by atoms with Gasteiger partial charge in [0, 0.05) is 43.7 Å². The quantitative estimate of drug-likeness (QED) is 0.348. The van der Waals surface area contributed by atoms with Crippen LogP contribution in [0.2, 0.25) is 0 Å². The molecule has 1 saturated heterocycles. The van der Waals surface area contributed by atoms with Gasteiger partial charge in [-0.25, -0.2) is 4.79 Å². The Morgan fingerprint density at radius 1 is 0.925 bits per heavy atom. The third-order valence-corrected chi connectivity index (χ3v) is 8.88. The zero-order valence-corrected chi connectivity index (χ0v) is 22.9. The van der Waals surface area contributed by atoms with Gasteiger partial charge in [0.25, 0.3) is 5.69 Å². The van der Waals surface area contributed by atoms with Crippen LogP contribution in [-0.2, 0) is 22.6 Å². The van der Waals surface area contributed by atoms with Gasteiger partial charge in [-0.05, 0) is 62.0 Å². The highest BCUT2D eigenvalue weighted by molar-refractivity contribution is 5.98. The average molecular weight is 547 g/mol. The standard InChI is InChI=1S/C31H38N4O5/c36-29(32-18-17-22-7-2-1-3-8-22)25-15-13-23(14-16-25)20-34-30(37)27-11-4-5-12-28(27)33(31(34)38)21-24-9-6-10-26(19-24)35(39)40/h1-3,6-10,19,23,25,27-28H,4-5,11-18,20-21H2,(H,32,36). The molecule has 0 spiro atoms. The first-order valence-corrected chi connectivity index (χ1v) is 14.6. The molecule has 9 nitrogen and oxygen atoms in total. The van der Waals surface area contributed by atoms with Crippen LogP contribution in [0.25, 0.3) is 0 Å². The van der Waals surface area contributed by atoms with Crippen LogP contribution in [-0.4, -0.2) is 51.7 Å².